The first-order chi connectivity index (χ1) is 8.58. The van der Waals surface area contributed by atoms with Crippen LogP contribution in [0.5, 0.6) is 0 Å². The van der Waals surface area contributed by atoms with E-state index in [1.807, 2.05) is 24.3 Å². The molecule has 0 unspecified atom stereocenters. The lowest BCUT2D eigenvalue weighted by Crippen LogP contribution is -2.21. The Morgan fingerprint density at radius 1 is 1.22 bits per heavy atom. The highest BCUT2D eigenvalue weighted by molar-refractivity contribution is 9.10. The van der Waals surface area contributed by atoms with Gasteiger partial charge >= 0.3 is 5.97 Å². The van der Waals surface area contributed by atoms with Gasteiger partial charge in [0.05, 0.1) is 11.6 Å². The lowest BCUT2D eigenvalue weighted by Gasteiger charge is -2.11. The molecule has 1 fully saturated rings. The van der Waals surface area contributed by atoms with Crippen LogP contribution >= 0.6 is 15.9 Å². The van der Waals surface area contributed by atoms with E-state index < -0.39 is 5.97 Å². The van der Waals surface area contributed by atoms with E-state index in [4.69, 9.17) is 5.11 Å². The molecule has 0 saturated heterocycles. The molecule has 1 aliphatic rings. The minimum atomic E-state index is -0.800. The summed E-state index contributed by atoms with van der Waals surface area (Å²) in [7, 11) is 0. The van der Waals surface area contributed by atoms with Gasteiger partial charge in [-0.25, -0.2) is 0 Å². The second kappa shape index (κ2) is 5.52. The van der Waals surface area contributed by atoms with Crippen molar-refractivity contribution >= 4 is 33.5 Å². The van der Waals surface area contributed by atoms with Gasteiger partial charge in [0.15, 0.2) is 0 Å². The molecule has 1 amide bonds. The van der Waals surface area contributed by atoms with Gasteiger partial charge in [0.25, 0.3) is 0 Å². The lowest BCUT2D eigenvalue weighted by molar-refractivity contribution is -0.141. The molecule has 1 aliphatic carbocycles. The van der Waals surface area contributed by atoms with Crippen LogP contribution < -0.4 is 5.32 Å². The van der Waals surface area contributed by atoms with Gasteiger partial charge in [-0.1, -0.05) is 12.1 Å². The van der Waals surface area contributed by atoms with Crippen molar-refractivity contribution in [3.63, 3.8) is 0 Å². The number of para-hydroxylation sites is 1. The van der Waals surface area contributed by atoms with Gasteiger partial charge in [-0.2, -0.15) is 0 Å². The summed E-state index contributed by atoms with van der Waals surface area (Å²) in [5, 5.41) is 11.7. The monoisotopic (exact) mass is 311 g/mol. The molecule has 2 N–H and O–H groups in total. The number of carboxylic acids is 1. The largest absolute Gasteiger partial charge is 0.481 e. The highest BCUT2D eigenvalue weighted by Gasteiger charge is 2.33. The van der Waals surface area contributed by atoms with Crippen LogP contribution in [-0.4, -0.2) is 17.0 Å². The molecule has 2 atom stereocenters. The zero-order chi connectivity index (χ0) is 13.1. The molecule has 5 heteroatoms. The predicted octanol–water partition coefficient (Wildman–Crippen LogP) is 2.89. The second-order valence-electron chi connectivity index (χ2n) is 4.51. The number of hydrogen-bond donors (Lipinski definition) is 2. The number of carbonyl (C=O) groups excluding carboxylic acids is 1. The minimum absolute atomic E-state index is 0.0920. The van der Waals surface area contributed by atoms with Gasteiger partial charge in [0.2, 0.25) is 5.91 Å². The van der Waals surface area contributed by atoms with Crippen LogP contribution in [-0.2, 0) is 9.59 Å². The maximum Gasteiger partial charge on any atom is 0.306 e. The third kappa shape index (κ3) is 2.90. The Balaban J connectivity index is 1.98. The first-order valence-electron chi connectivity index (χ1n) is 5.86. The Morgan fingerprint density at radius 3 is 2.50 bits per heavy atom. The number of carboxylic acid groups (broad SMARTS) is 1. The molecule has 0 aliphatic heterocycles. The highest BCUT2D eigenvalue weighted by Crippen LogP contribution is 2.32. The second-order valence-corrected chi connectivity index (χ2v) is 5.37. The number of carbonyl (C=O) groups is 2. The Hall–Kier alpha value is -1.36. The Bertz CT molecular complexity index is 475. The fourth-order valence-electron chi connectivity index (χ4n) is 2.24. The highest BCUT2D eigenvalue weighted by atomic mass is 79.9. The quantitative estimate of drug-likeness (QED) is 0.902. The zero-order valence-corrected chi connectivity index (χ0v) is 11.3. The molecule has 0 spiro atoms. The topological polar surface area (TPSA) is 66.4 Å². The van der Waals surface area contributed by atoms with E-state index in [9.17, 15) is 9.59 Å². The van der Waals surface area contributed by atoms with Gasteiger partial charge < -0.3 is 10.4 Å². The van der Waals surface area contributed by atoms with Crippen molar-refractivity contribution in [3.05, 3.63) is 28.7 Å². The first-order valence-corrected chi connectivity index (χ1v) is 6.65. The number of halogens is 1. The molecule has 2 rings (SSSR count). The minimum Gasteiger partial charge on any atom is -0.481 e. The molecule has 0 aromatic heterocycles. The van der Waals surface area contributed by atoms with Crippen molar-refractivity contribution in [2.75, 3.05) is 5.32 Å². The van der Waals surface area contributed by atoms with Crippen molar-refractivity contribution in [1.82, 2.24) is 0 Å². The average molecular weight is 312 g/mol. The summed E-state index contributed by atoms with van der Waals surface area (Å²) in [6, 6.07) is 7.38. The van der Waals surface area contributed by atoms with Crippen molar-refractivity contribution in [2.45, 2.75) is 19.3 Å². The van der Waals surface area contributed by atoms with Crippen LogP contribution in [0.4, 0.5) is 5.69 Å². The molecule has 96 valence electrons. The Labute approximate surface area is 114 Å². The SMILES string of the molecule is O=C(O)[C@H]1CC[C@@H](C(=O)Nc2ccccc2Br)C1. The summed E-state index contributed by atoms with van der Waals surface area (Å²) in [5.41, 5.74) is 0.723. The van der Waals surface area contributed by atoms with E-state index in [1.54, 1.807) is 0 Å². The molecule has 18 heavy (non-hydrogen) atoms. The molecular weight excluding hydrogens is 298 g/mol. The molecule has 0 heterocycles. The summed E-state index contributed by atoms with van der Waals surface area (Å²) in [6.45, 7) is 0. The van der Waals surface area contributed by atoms with Crippen LogP contribution in [0.25, 0.3) is 0 Å². The number of aliphatic carboxylic acids is 1. The third-order valence-corrected chi connectivity index (χ3v) is 3.98. The molecule has 0 bridgehead atoms. The molecule has 1 saturated carbocycles. The summed E-state index contributed by atoms with van der Waals surface area (Å²) < 4.78 is 0.825. The Kier molecular flexibility index (Phi) is 4.01. The maximum absolute atomic E-state index is 12.0. The smallest absolute Gasteiger partial charge is 0.306 e. The molecular formula is C13H14BrNO3. The number of hydrogen-bond acceptors (Lipinski definition) is 2. The number of rotatable bonds is 3. The fourth-order valence-corrected chi connectivity index (χ4v) is 2.63. The van der Waals surface area contributed by atoms with Gasteiger partial charge in [-0.05, 0) is 47.3 Å². The summed E-state index contributed by atoms with van der Waals surface area (Å²) in [6.07, 6.45) is 1.67. The van der Waals surface area contributed by atoms with E-state index in [1.165, 1.54) is 0 Å². The van der Waals surface area contributed by atoms with E-state index in [0.717, 1.165) is 10.2 Å². The lowest BCUT2D eigenvalue weighted by atomic mass is 10.0. The molecule has 4 nitrogen and oxygen atoms in total. The Morgan fingerprint density at radius 2 is 1.89 bits per heavy atom. The first kappa shape index (κ1) is 13.1. The predicted molar refractivity (Wildman–Crippen MR) is 71.2 cm³/mol. The number of anilines is 1. The van der Waals surface area contributed by atoms with Gasteiger partial charge in [-0.15, -0.1) is 0 Å². The van der Waals surface area contributed by atoms with Gasteiger partial charge in [0.1, 0.15) is 0 Å². The molecule has 1 aromatic rings. The number of benzene rings is 1. The van der Waals surface area contributed by atoms with E-state index in [-0.39, 0.29) is 17.7 Å². The number of nitrogens with one attached hydrogen (secondary N) is 1. The third-order valence-electron chi connectivity index (χ3n) is 3.28. The van der Waals surface area contributed by atoms with Gasteiger partial charge in [0, 0.05) is 10.4 Å². The zero-order valence-electron chi connectivity index (χ0n) is 9.73. The maximum atomic E-state index is 12.0. The average Bonchev–Trinajstić information content (AvgIpc) is 2.81. The molecule has 0 radical (unpaired) electrons. The normalized spacial score (nSPS) is 22.7. The van der Waals surface area contributed by atoms with E-state index in [2.05, 4.69) is 21.2 Å². The van der Waals surface area contributed by atoms with Crippen LogP contribution in [0.2, 0.25) is 0 Å². The standard InChI is InChI=1S/C13H14BrNO3/c14-10-3-1-2-4-11(10)15-12(16)8-5-6-9(7-8)13(17)18/h1-4,8-9H,5-7H2,(H,15,16)(H,17,18)/t8-,9+/m1/s1. The van der Waals surface area contributed by atoms with Crippen LogP contribution in [0.15, 0.2) is 28.7 Å². The van der Waals surface area contributed by atoms with Crippen LogP contribution in [0, 0.1) is 11.8 Å². The van der Waals surface area contributed by atoms with Crippen LogP contribution in [0.3, 0.4) is 0 Å². The fraction of sp³-hybridized carbons (Fsp3) is 0.385. The van der Waals surface area contributed by atoms with Crippen molar-refractivity contribution in [3.8, 4) is 0 Å². The van der Waals surface area contributed by atoms with Crippen molar-refractivity contribution in [2.24, 2.45) is 11.8 Å². The summed E-state index contributed by atoms with van der Waals surface area (Å²) in [4.78, 5) is 22.9. The van der Waals surface area contributed by atoms with Gasteiger partial charge in [-0.3, -0.25) is 9.59 Å². The summed E-state index contributed by atoms with van der Waals surface area (Å²) in [5.74, 6) is -1.46. The number of amides is 1. The van der Waals surface area contributed by atoms with E-state index >= 15 is 0 Å². The summed E-state index contributed by atoms with van der Waals surface area (Å²) >= 11 is 3.36. The van der Waals surface area contributed by atoms with Crippen molar-refractivity contribution < 1.29 is 14.7 Å². The van der Waals surface area contributed by atoms with Crippen LogP contribution in [0.1, 0.15) is 19.3 Å². The van der Waals surface area contributed by atoms with E-state index in [0.29, 0.717) is 19.3 Å². The molecule has 1 aromatic carbocycles. The van der Waals surface area contributed by atoms with Crippen molar-refractivity contribution in [1.29, 1.82) is 0 Å².